The van der Waals surface area contributed by atoms with Gasteiger partial charge in [0, 0.05) is 23.6 Å². The van der Waals surface area contributed by atoms with Gasteiger partial charge in [-0.2, -0.15) is 20.5 Å². The zero-order valence-corrected chi connectivity index (χ0v) is 20.3. The van der Waals surface area contributed by atoms with Crippen molar-refractivity contribution in [3.05, 3.63) is 108 Å². The number of phenols is 2. The Morgan fingerprint density at radius 3 is 1.57 bits per heavy atom. The van der Waals surface area contributed by atoms with Crippen molar-refractivity contribution in [2.45, 2.75) is 13.0 Å². The summed E-state index contributed by atoms with van der Waals surface area (Å²) in [5, 5.41) is 37.2. The van der Waals surface area contributed by atoms with Crippen LogP contribution in [0.1, 0.15) is 18.1 Å². The van der Waals surface area contributed by atoms with E-state index in [0.29, 0.717) is 29.0 Å². The van der Waals surface area contributed by atoms with Crippen LogP contribution in [0, 0.1) is 0 Å². The summed E-state index contributed by atoms with van der Waals surface area (Å²) in [6.07, 6.45) is 3.18. The predicted molar refractivity (Wildman–Crippen MR) is 147 cm³/mol. The molecule has 0 saturated heterocycles. The first-order valence-electron chi connectivity index (χ1n) is 11.7. The van der Waals surface area contributed by atoms with E-state index >= 15 is 0 Å². The molecule has 184 valence electrons. The van der Waals surface area contributed by atoms with Crippen LogP contribution in [0.5, 0.6) is 11.5 Å². The molecular weight excluding hydrogens is 464 g/mol. The molecule has 2 N–H and O–H groups in total. The normalized spacial score (nSPS) is 12.8. The lowest BCUT2D eigenvalue weighted by atomic mass is 10.2. The number of phenolic OH excluding ortho intramolecular Hbond substituents is 2. The lowest BCUT2D eigenvalue weighted by molar-refractivity contribution is 0.474. The highest BCUT2D eigenvalue weighted by Gasteiger charge is 2.04. The van der Waals surface area contributed by atoms with E-state index in [1.165, 1.54) is 0 Å². The van der Waals surface area contributed by atoms with Gasteiger partial charge in [-0.1, -0.05) is 36.4 Å². The summed E-state index contributed by atoms with van der Waals surface area (Å²) >= 11 is 0. The monoisotopic (exact) mass is 490 g/mol. The maximum absolute atomic E-state index is 10.2. The Morgan fingerprint density at radius 2 is 1.05 bits per heavy atom. The summed E-state index contributed by atoms with van der Waals surface area (Å²) in [6.45, 7) is 2.30. The quantitative estimate of drug-likeness (QED) is 0.184. The summed E-state index contributed by atoms with van der Waals surface area (Å²) in [5.41, 5.74) is 3.77. The second-order valence-electron chi connectivity index (χ2n) is 8.18. The van der Waals surface area contributed by atoms with Gasteiger partial charge < -0.3 is 10.2 Å². The molecule has 0 saturated carbocycles. The molecule has 0 aliphatic carbocycles. The molecule has 0 fully saturated rings. The number of benzene rings is 4. The van der Waals surface area contributed by atoms with Gasteiger partial charge >= 0.3 is 0 Å². The largest absolute Gasteiger partial charge is 0.507 e. The van der Waals surface area contributed by atoms with Crippen molar-refractivity contribution in [3.63, 3.8) is 0 Å². The Hall–Kier alpha value is -4.98. The highest BCUT2D eigenvalue weighted by molar-refractivity contribution is 5.85. The zero-order valence-electron chi connectivity index (χ0n) is 20.3. The van der Waals surface area contributed by atoms with Crippen LogP contribution < -0.4 is 0 Å². The molecule has 1 unspecified atom stereocenters. The van der Waals surface area contributed by atoms with Crippen molar-refractivity contribution in [1.82, 2.24) is 0 Å². The smallest absolute Gasteiger partial charge is 0.124 e. The van der Waals surface area contributed by atoms with Crippen LogP contribution >= 0.6 is 0 Å². The van der Waals surface area contributed by atoms with Gasteiger partial charge in [0.25, 0.3) is 0 Å². The Balaban J connectivity index is 1.37. The van der Waals surface area contributed by atoms with Crippen molar-refractivity contribution in [2.24, 2.45) is 30.4 Å². The molecular formula is C29H26N6O2. The molecule has 1 atom stereocenters. The van der Waals surface area contributed by atoms with Crippen LogP contribution in [0.25, 0.3) is 0 Å². The molecule has 4 aromatic carbocycles. The van der Waals surface area contributed by atoms with Crippen LogP contribution in [0.2, 0.25) is 0 Å². The summed E-state index contributed by atoms with van der Waals surface area (Å²) in [5.74, 6) is 0.203. The van der Waals surface area contributed by atoms with E-state index in [4.69, 9.17) is 0 Å². The third-order valence-electron chi connectivity index (χ3n) is 5.16. The molecule has 0 aliphatic rings. The molecule has 0 bridgehead atoms. The molecule has 4 aromatic rings. The minimum Gasteiger partial charge on any atom is -0.507 e. The number of aromatic hydroxyl groups is 2. The first kappa shape index (κ1) is 25.1. The minimum atomic E-state index is -0.159. The molecule has 0 radical (unpaired) electrons. The fourth-order valence-electron chi connectivity index (χ4n) is 3.19. The third kappa shape index (κ3) is 7.76. The van der Waals surface area contributed by atoms with Crippen LogP contribution in [0.3, 0.4) is 0 Å². The van der Waals surface area contributed by atoms with Gasteiger partial charge in [-0.3, -0.25) is 9.98 Å². The molecule has 0 amide bonds. The van der Waals surface area contributed by atoms with E-state index < -0.39 is 0 Å². The molecule has 4 rings (SSSR count). The summed E-state index contributed by atoms with van der Waals surface area (Å²) in [4.78, 5) is 8.89. The van der Waals surface area contributed by atoms with Crippen molar-refractivity contribution in [3.8, 4) is 11.5 Å². The van der Waals surface area contributed by atoms with Crippen molar-refractivity contribution in [2.75, 3.05) is 6.54 Å². The average molecular weight is 491 g/mol. The number of nitrogens with zero attached hydrogens (tertiary/aromatic N) is 6. The van der Waals surface area contributed by atoms with Gasteiger partial charge in [0.1, 0.15) is 11.5 Å². The Bertz CT molecular complexity index is 1430. The first-order chi connectivity index (χ1) is 18.1. The lowest BCUT2D eigenvalue weighted by Crippen LogP contribution is -2.04. The van der Waals surface area contributed by atoms with E-state index in [2.05, 4.69) is 30.4 Å². The minimum absolute atomic E-state index is 0.101. The average Bonchev–Trinajstić information content (AvgIpc) is 2.93. The van der Waals surface area contributed by atoms with Crippen LogP contribution in [-0.4, -0.2) is 35.2 Å². The van der Waals surface area contributed by atoms with Gasteiger partial charge in [0.05, 0.1) is 35.3 Å². The van der Waals surface area contributed by atoms with Gasteiger partial charge in [-0.15, -0.1) is 0 Å². The van der Waals surface area contributed by atoms with Crippen LogP contribution in [0.15, 0.2) is 128 Å². The summed E-state index contributed by atoms with van der Waals surface area (Å²) in [6, 6.07) is 28.6. The second kappa shape index (κ2) is 12.6. The summed E-state index contributed by atoms with van der Waals surface area (Å²) in [7, 11) is 0. The maximum atomic E-state index is 10.2. The number of hydrogen-bond donors (Lipinski definition) is 2. The lowest BCUT2D eigenvalue weighted by Gasteiger charge is -2.04. The number of hydrogen-bond acceptors (Lipinski definition) is 8. The Kier molecular flexibility index (Phi) is 8.59. The van der Waals surface area contributed by atoms with Gasteiger partial charge in [-0.25, -0.2) is 0 Å². The van der Waals surface area contributed by atoms with E-state index in [0.717, 1.165) is 11.4 Å². The first-order valence-corrected chi connectivity index (χ1v) is 11.7. The SMILES string of the molecule is CC(CN=Cc1cc(N=Nc2ccccc2)ccc1O)N=Cc1cc(N=Nc2ccccc2)ccc1O. The van der Waals surface area contributed by atoms with E-state index in [1.54, 1.807) is 48.8 Å². The topological polar surface area (TPSA) is 115 Å². The zero-order chi connectivity index (χ0) is 25.9. The second-order valence-corrected chi connectivity index (χ2v) is 8.18. The van der Waals surface area contributed by atoms with Crippen molar-refractivity contribution in [1.29, 1.82) is 0 Å². The molecule has 37 heavy (non-hydrogen) atoms. The Morgan fingerprint density at radius 1 is 0.595 bits per heavy atom. The maximum Gasteiger partial charge on any atom is 0.124 e. The number of rotatable bonds is 9. The summed E-state index contributed by atoms with van der Waals surface area (Å²) < 4.78 is 0. The highest BCUT2D eigenvalue weighted by atomic mass is 16.3. The highest BCUT2D eigenvalue weighted by Crippen LogP contribution is 2.25. The van der Waals surface area contributed by atoms with Crippen LogP contribution in [0.4, 0.5) is 22.7 Å². The van der Waals surface area contributed by atoms with Crippen molar-refractivity contribution >= 4 is 35.2 Å². The predicted octanol–water partition coefficient (Wildman–Crippen LogP) is 7.86. The number of aliphatic imine (C=N–C) groups is 2. The third-order valence-corrected chi connectivity index (χ3v) is 5.16. The number of azo groups is 2. The molecule has 8 nitrogen and oxygen atoms in total. The van der Waals surface area contributed by atoms with E-state index in [1.807, 2.05) is 67.6 Å². The van der Waals surface area contributed by atoms with Crippen LogP contribution in [-0.2, 0) is 0 Å². The van der Waals surface area contributed by atoms with Crippen molar-refractivity contribution < 1.29 is 10.2 Å². The Labute approximate surface area is 215 Å². The van der Waals surface area contributed by atoms with Gasteiger partial charge in [0.15, 0.2) is 0 Å². The van der Waals surface area contributed by atoms with Gasteiger partial charge in [-0.05, 0) is 67.6 Å². The molecule has 8 heteroatoms. The molecule has 0 aliphatic heterocycles. The molecule has 0 heterocycles. The standard InChI is InChI=1S/C29H26N6O2/c1-21(31-20-23-17-27(13-15-29(23)37)35-33-25-10-6-3-7-11-25)18-30-19-22-16-26(12-14-28(22)36)34-32-24-8-4-2-5-9-24/h2-17,19-21,36-37H,18H2,1H3. The van der Waals surface area contributed by atoms with E-state index in [9.17, 15) is 10.2 Å². The fraction of sp³-hybridized carbons (Fsp3) is 0.103. The van der Waals surface area contributed by atoms with Gasteiger partial charge in [0.2, 0.25) is 0 Å². The molecule has 0 aromatic heterocycles. The van der Waals surface area contributed by atoms with E-state index in [-0.39, 0.29) is 17.5 Å². The fourth-order valence-corrected chi connectivity index (χ4v) is 3.19. The molecule has 0 spiro atoms.